The molecule has 25 heavy (non-hydrogen) atoms. The number of hydrogen-bond donors (Lipinski definition) is 1. The minimum atomic E-state index is -1.15. The van der Waals surface area contributed by atoms with E-state index in [-0.39, 0.29) is 62.4 Å². The standard InChI is InChI=1S/C21H23NO2.K/c1-14(12-15-4-6-16(7-5-15)20(23)24)17-8-9-19-18(13-17)21(2,3)10-11-22-19;/h4-9,12-13,22H,10-11H2,1-3H3,(H,23,24);/q;+1/p-1. The second-order valence-electron chi connectivity index (χ2n) is 7.06. The van der Waals surface area contributed by atoms with E-state index in [1.54, 1.807) is 24.3 Å². The van der Waals surface area contributed by atoms with Crippen molar-refractivity contribution in [2.45, 2.75) is 32.6 Å². The quantitative estimate of drug-likeness (QED) is 0.649. The molecule has 3 nitrogen and oxygen atoms in total. The first-order chi connectivity index (χ1) is 11.4. The van der Waals surface area contributed by atoms with Crippen LogP contribution in [0.3, 0.4) is 0 Å². The Bertz CT molecular complexity index is 807. The van der Waals surface area contributed by atoms with E-state index >= 15 is 0 Å². The summed E-state index contributed by atoms with van der Waals surface area (Å²) in [7, 11) is 0. The van der Waals surface area contributed by atoms with E-state index in [0.717, 1.165) is 24.1 Å². The van der Waals surface area contributed by atoms with Crippen LogP contribution < -0.4 is 61.8 Å². The zero-order valence-electron chi connectivity index (χ0n) is 15.3. The molecule has 0 saturated heterocycles. The van der Waals surface area contributed by atoms with Gasteiger partial charge >= 0.3 is 51.4 Å². The maximum Gasteiger partial charge on any atom is 1.00 e. The molecular weight excluding hydrogens is 337 g/mol. The molecule has 1 heterocycles. The van der Waals surface area contributed by atoms with Crippen LogP contribution in [0.25, 0.3) is 11.6 Å². The van der Waals surface area contributed by atoms with Crippen LogP contribution in [0.4, 0.5) is 5.69 Å². The van der Waals surface area contributed by atoms with Gasteiger partial charge in [0.25, 0.3) is 0 Å². The summed E-state index contributed by atoms with van der Waals surface area (Å²) < 4.78 is 0. The van der Waals surface area contributed by atoms with Crippen molar-refractivity contribution >= 4 is 23.3 Å². The Kier molecular flexibility index (Phi) is 6.68. The van der Waals surface area contributed by atoms with E-state index in [1.807, 2.05) is 0 Å². The molecule has 2 aromatic rings. The zero-order chi connectivity index (χ0) is 17.3. The van der Waals surface area contributed by atoms with Gasteiger partial charge in [-0.3, -0.25) is 0 Å². The fourth-order valence-corrected chi connectivity index (χ4v) is 3.20. The topological polar surface area (TPSA) is 52.2 Å². The molecule has 0 spiro atoms. The van der Waals surface area contributed by atoms with E-state index in [9.17, 15) is 9.90 Å². The van der Waals surface area contributed by atoms with Crippen molar-refractivity contribution in [3.05, 3.63) is 64.7 Å². The zero-order valence-corrected chi connectivity index (χ0v) is 18.5. The molecule has 0 amide bonds. The first-order valence-corrected chi connectivity index (χ1v) is 8.25. The molecule has 2 aromatic carbocycles. The third-order valence-corrected chi connectivity index (χ3v) is 4.80. The summed E-state index contributed by atoms with van der Waals surface area (Å²) >= 11 is 0. The molecule has 3 rings (SSSR count). The summed E-state index contributed by atoms with van der Waals surface area (Å²) in [6.45, 7) is 7.67. The first-order valence-electron chi connectivity index (χ1n) is 8.25. The first kappa shape index (κ1) is 20.4. The van der Waals surface area contributed by atoms with Crippen molar-refractivity contribution in [3.63, 3.8) is 0 Å². The summed E-state index contributed by atoms with van der Waals surface area (Å²) in [5.74, 6) is -1.15. The molecule has 1 aliphatic heterocycles. The Hall–Kier alpha value is -0.914. The molecule has 0 aliphatic carbocycles. The molecule has 0 fully saturated rings. The minimum Gasteiger partial charge on any atom is -0.545 e. The van der Waals surface area contributed by atoms with Gasteiger partial charge in [0.2, 0.25) is 0 Å². The van der Waals surface area contributed by atoms with Crippen LogP contribution in [-0.4, -0.2) is 12.5 Å². The predicted molar refractivity (Wildman–Crippen MR) is 96.9 cm³/mol. The summed E-state index contributed by atoms with van der Waals surface area (Å²) in [6.07, 6.45) is 3.20. The monoisotopic (exact) mass is 359 g/mol. The van der Waals surface area contributed by atoms with Crippen LogP contribution in [0.2, 0.25) is 0 Å². The van der Waals surface area contributed by atoms with Crippen LogP contribution in [0.15, 0.2) is 42.5 Å². The summed E-state index contributed by atoms with van der Waals surface area (Å²) in [5.41, 5.74) is 6.27. The molecule has 0 bridgehead atoms. The number of carboxylic acids is 1. The molecule has 0 saturated carbocycles. The van der Waals surface area contributed by atoms with Crippen molar-refractivity contribution in [3.8, 4) is 0 Å². The Morgan fingerprint density at radius 2 is 1.76 bits per heavy atom. The number of allylic oxidation sites excluding steroid dienone is 1. The number of carbonyl (C=O) groups excluding carboxylic acids is 1. The number of fused-ring (bicyclic) bond motifs is 1. The average molecular weight is 360 g/mol. The van der Waals surface area contributed by atoms with Crippen LogP contribution in [0, 0.1) is 0 Å². The summed E-state index contributed by atoms with van der Waals surface area (Å²) in [4.78, 5) is 10.8. The molecule has 124 valence electrons. The fourth-order valence-electron chi connectivity index (χ4n) is 3.20. The van der Waals surface area contributed by atoms with Crippen molar-refractivity contribution < 1.29 is 61.3 Å². The van der Waals surface area contributed by atoms with Gasteiger partial charge in [-0.05, 0) is 58.7 Å². The summed E-state index contributed by atoms with van der Waals surface area (Å²) in [5, 5.41) is 14.3. The largest absolute Gasteiger partial charge is 1.00 e. The Balaban J connectivity index is 0.00000225. The van der Waals surface area contributed by atoms with Gasteiger partial charge in [-0.2, -0.15) is 0 Å². The molecule has 0 unspecified atom stereocenters. The molecule has 0 atom stereocenters. The van der Waals surface area contributed by atoms with Crippen molar-refractivity contribution in [1.82, 2.24) is 0 Å². The number of aromatic carboxylic acids is 1. The molecule has 1 N–H and O–H groups in total. The van der Waals surface area contributed by atoms with Gasteiger partial charge in [-0.25, -0.2) is 0 Å². The number of nitrogens with one attached hydrogen (secondary N) is 1. The molecular formula is C21H22KNO2. The number of rotatable bonds is 3. The van der Waals surface area contributed by atoms with Crippen LogP contribution in [0.5, 0.6) is 0 Å². The van der Waals surface area contributed by atoms with Gasteiger partial charge in [0.15, 0.2) is 0 Å². The Morgan fingerprint density at radius 3 is 2.40 bits per heavy atom. The van der Waals surface area contributed by atoms with Crippen molar-refractivity contribution in [2.75, 3.05) is 11.9 Å². The number of anilines is 1. The second-order valence-corrected chi connectivity index (χ2v) is 7.06. The second kappa shape index (κ2) is 8.19. The number of carboxylic acid groups (broad SMARTS) is 1. The van der Waals surface area contributed by atoms with Crippen LogP contribution in [-0.2, 0) is 5.41 Å². The van der Waals surface area contributed by atoms with Gasteiger partial charge in [0.05, 0.1) is 5.97 Å². The summed E-state index contributed by atoms with van der Waals surface area (Å²) in [6, 6.07) is 13.3. The van der Waals surface area contributed by atoms with E-state index in [2.05, 4.69) is 50.4 Å². The maximum absolute atomic E-state index is 10.8. The minimum absolute atomic E-state index is 0. The van der Waals surface area contributed by atoms with Gasteiger partial charge in [0, 0.05) is 12.2 Å². The van der Waals surface area contributed by atoms with Gasteiger partial charge in [0.1, 0.15) is 0 Å². The maximum atomic E-state index is 10.8. The van der Waals surface area contributed by atoms with E-state index < -0.39 is 5.97 Å². The number of hydrogen-bond acceptors (Lipinski definition) is 3. The van der Waals surface area contributed by atoms with Crippen LogP contribution >= 0.6 is 0 Å². The molecule has 0 aromatic heterocycles. The van der Waals surface area contributed by atoms with E-state index in [0.29, 0.717) is 0 Å². The Labute approximate surface area is 192 Å². The third kappa shape index (κ3) is 4.63. The SMILES string of the molecule is CC(=Cc1ccc(C(=O)[O-])cc1)c1ccc2c(c1)C(C)(C)CCN2.[K+]. The number of carbonyl (C=O) groups is 1. The van der Waals surface area contributed by atoms with E-state index in [4.69, 9.17) is 0 Å². The van der Waals surface area contributed by atoms with Crippen molar-refractivity contribution in [2.24, 2.45) is 0 Å². The third-order valence-electron chi connectivity index (χ3n) is 4.80. The molecule has 0 radical (unpaired) electrons. The van der Waals surface area contributed by atoms with Gasteiger partial charge < -0.3 is 15.2 Å². The normalized spacial score (nSPS) is 15.6. The van der Waals surface area contributed by atoms with Crippen molar-refractivity contribution in [1.29, 1.82) is 0 Å². The van der Waals surface area contributed by atoms with Gasteiger partial charge in [-0.15, -0.1) is 0 Å². The Morgan fingerprint density at radius 1 is 1.12 bits per heavy atom. The average Bonchev–Trinajstić information content (AvgIpc) is 2.55. The smallest absolute Gasteiger partial charge is 0.545 e. The van der Waals surface area contributed by atoms with Crippen LogP contribution in [0.1, 0.15) is 54.2 Å². The predicted octanol–water partition coefficient (Wildman–Crippen LogP) is 0.708. The molecule has 4 heteroatoms. The number of benzene rings is 2. The fraction of sp³-hybridized carbons (Fsp3) is 0.286. The molecule has 1 aliphatic rings. The van der Waals surface area contributed by atoms with E-state index in [1.165, 1.54) is 16.8 Å². The van der Waals surface area contributed by atoms with Gasteiger partial charge in [-0.1, -0.05) is 50.3 Å².